The molecular formula is C20H21N. The zero-order valence-corrected chi connectivity index (χ0v) is 12.7. The lowest BCUT2D eigenvalue weighted by Crippen LogP contribution is -2.31. The monoisotopic (exact) mass is 275 g/mol. The van der Waals surface area contributed by atoms with E-state index in [1.54, 1.807) is 0 Å². The van der Waals surface area contributed by atoms with Gasteiger partial charge in [0.15, 0.2) is 0 Å². The molecule has 3 rings (SSSR count). The molecule has 1 nitrogen and oxygen atoms in total. The lowest BCUT2D eigenvalue weighted by molar-refractivity contribution is 0.388. The lowest BCUT2D eigenvalue weighted by atomic mass is 9.73. The van der Waals surface area contributed by atoms with Crippen LogP contribution in [-0.2, 0) is 5.41 Å². The standard InChI is InChI=1S/C20H21N/c1-3-14-21-16-20(15-17(21)2,18-10-6-4-7-11-18)19-12-8-5-9-13-19/h4-13,17H,15-16H2,1-2H3. The van der Waals surface area contributed by atoms with Gasteiger partial charge in [-0.15, -0.1) is 0 Å². The Morgan fingerprint density at radius 3 is 1.95 bits per heavy atom. The average Bonchev–Trinajstić information content (AvgIpc) is 2.88. The number of hydrogen-bond acceptors (Lipinski definition) is 1. The summed E-state index contributed by atoms with van der Waals surface area (Å²) in [6.45, 7) is 5.15. The van der Waals surface area contributed by atoms with E-state index in [2.05, 4.69) is 84.5 Å². The Bertz CT molecular complexity index is 609. The Morgan fingerprint density at radius 1 is 0.952 bits per heavy atom. The lowest BCUT2D eigenvalue weighted by Gasteiger charge is -2.30. The van der Waals surface area contributed by atoms with Gasteiger partial charge in [-0.2, -0.15) is 0 Å². The van der Waals surface area contributed by atoms with Gasteiger partial charge in [0, 0.05) is 24.0 Å². The first-order valence-electron chi connectivity index (χ1n) is 7.56. The van der Waals surface area contributed by atoms with Crippen LogP contribution in [0.1, 0.15) is 31.4 Å². The summed E-state index contributed by atoms with van der Waals surface area (Å²) in [5, 5.41) is 0. The fourth-order valence-corrected chi connectivity index (χ4v) is 3.52. The van der Waals surface area contributed by atoms with Crippen LogP contribution >= 0.6 is 0 Å². The van der Waals surface area contributed by atoms with Crippen molar-refractivity contribution in [3.8, 4) is 12.0 Å². The summed E-state index contributed by atoms with van der Waals surface area (Å²) in [5.74, 6) is 3.06. The Kier molecular flexibility index (Phi) is 3.71. The highest BCUT2D eigenvalue weighted by Gasteiger charge is 2.44. The number of rotatable bonds is 2. The van der Waals surface area contributed by atoms with E-state index >= 15 is 0 Å². The van der Waals surface area contributed by atoms with Crippen LogP contribution in [0.3, 0.4) is 0 Å². The zero-order valence-electron chi connectivity index (χ0n) is 12.7. The van der Waals surface area contributed by atoms with E-state index in [4.69, 9.17) is 0 Å². The van der Waals surface area contributed by atoms with Gasteiger partial charge in [0.1, 0.15) is 0 Å². The maximum absolute atomic E-state index is 3.27. The maximum Gasteiger partial charge on any atom is 0.0404 e. The van der Waals surface area contributed by atoms with Gasteiger partial charge in [-0.3, -0.25) is 0 Å². The third-order valence-electron chi connectivity index (χ3n) is 4.52. The summed E-state index contributed by atoms with van der Waals surface area (Å²) >= 11 is 0. The highest BCUT2D eigenvalue weighted by atomic mass is 15.2. The molecule has 0 spiro atoms. The second-order valence-electron chi connectivity index (χ2n) is 5.86. The largest absolute Gasteiger partial charge is 0.329 e. The fourth-order valence-electron chi connectivity index (χ4n) is 3.52. The molecule has 0 aliphatic carbocycles. The molecule has 1 aliphatic rings. The van der Waals surface area contributed by atoms with Crippen molar-refractivity contribution < 1.29 is 0 Å². The third kappa shape index (κ3) is 2.43. The van der Waals surface area contributed by atoms with Crippen molar-refractivity contribution in [1.82, 2.24) is 4.90 Å². The molecule has 1 unspecified atom stereocenters. The normalized spacial score (nSPS) is 19.9. The molecule has 1 atom stereocenters. The van der Waals surface area contributed by atoms with Crippen LogP contribution in [-0.4, -0.2) is 17.5 Å². The summed E-state index contributed by atoms with van der Waals surface area (Å²) < 4.78 is 0. The summed E-state index contributed by atoms with van der Waals surface area (Å²) in [7, 11) is 0. The van der Waals surface area contributed by atoms with E-state index in [0.29, 0.717) is 6.04 Å². The van der Waals surface area contributed by atoms with Crippen LogP contribution in [0.25, 0.3) is 0 Å². The van der Waals surface area contributed by atoms with Crippen LogP contribution in [0.4, 0.5) is 0 Å². The molecule has 0 aromatic heterocycles. The van der Waals surface area contributed by atoms with Crippen molar-refractivity contribution in [2.75, 3.05) is 6.54 Å². The average molecular weight is 275 g/mol. The molecule has 0 bridgehead atoms. The summed E-state index contributed by atoms with van der Waals surface area (Å²) in [5.41, 5.74) is 2.83. The highest BCUT2D eigenvalue weighted by Crippen LogP contribution is 2.43. The van der Waals surface area contributed by atoms with E-state index < -0.39 is 0 Å². The van der Waals surface area contributed by atoms with Gasteiger partial charge in [-0.05, 0) is 31.4 Å². The summed E-state index contributed by atoms with van der Waals surface area (Å²) in [6.07, 6.45) is 1.11. The number of hydrogen-bond donors (Lipinski definition) is 0. The van der Waals surface area contributed by atoms with Crippen LogP contribution in [0.5, 0.6) is 0 Å². The summed E-state index contributed by atoms with van der Waals surface area (Å²) in [4.78, 5) is 2.29. The summed E-state index contributed by atoms with van der Waals surface area (Å²) in [6, 6.07) is 25.5. The van der Waals surface area contributed by atoms with Crippen molar-refractivity contribution >= 4 is 0 Å². The predicted molar refractivity (Wildman–Crippen MR) is 87.9 cm³/mol. The SMILES string of the molecule is CC#CN1CC(c2ccccc2)(c2ccccc2)CC1C. The smallest absolute Gasteiger partial charge is 0.0404 e. The van der Waals surface area contributed by atoms with E-state index in [-0.39, 0.29) is 5.41 Å². The molecular weight excluding hydrogens is 254 g/mol. The molecule has 1 heterocycles. The minimum absolute atomic E-state index is 0.0474. The minimum Gasteiger partial charge on any atom is -0.329 e. The predicted octanol–water partition coefficient (Wildman–Crippen LogP) is 4.05. The Labute approximate surface area is 127 Å². The molecule has 0 radical (unpaired) electrons. The van der Waals surface area contributed by atoms with Crippen molar-refractivity contribution in [1.29, 1.82) is 0 Å². The van der Waals surface area contributed by atoms with Gasteiger partial charge < -0.3 is 4.90 Å². The molecule has 0 N–H and O–H groups in total. The van der Waals surface area contributed by atoms with Gasteiger partial charge in [-0.25, -0.2) is 0 Å². The van der Waals surface area contributed by atoms with E-state index in [0.717, 1.165) is 13.0 Å². The van der Waals surface area contributed by atoms with Gasteiger partial charge >= 0.3 is 0 Å². The van der Waals surface area contributed by atoms with Gasteiger partial charge in [0.05, 0.1) is 0 Å². The van der Waals surface area contributed by atoms with Crippen LogP contribution in [0, 0.1) is 12.0 Å². The number of nitrogens with zero attached hydrogens (tertiary/aromatic N) is 1. The minimum atomic E-state index is 0.0474. The van der Waals surface area contributed by atoms with Gasteiger partial charge in [-0.1, -0.05) is 66.6 Å². The molecule has 0 saturated carbocycles. The quantitative estimate of drug-likeness (QED) is 0.747. The van der Waals surface area contributed by atoms with Crippen LogP contribution < -0.4 is 0 Å². The van der Waals surface area contributed by atoms with Crippen molar-refractivity contribution in [2.45, 2.75) is 31.7 Å². The van der Waals surface area contributed by atoms with Gasteiger partial charge in [0.25, 0.3) is 0 Å². The topological polar surface area (TPSA) is 3.24 Å². The first kappa shape index (κ1) is 13.8. The number of likely N-dealkylation sites (tertiary alicyclic amines) is 1. The first-order chi connectivity index (χ1) is 10.3. The van der Waals surface area contributed by atoms with Crippen molar-refractivity contribution in [3.63, 3.8) is 0 Å². The van der Waals surface area contributed by atoms with Crippen LogP contribution in [0.15, 0.2) is 60.7 Å². The number of benzene rings is 2. The molecule has 2 aromatic rings. The fraction of sp³-hybridized carbons (Fsp3) is 0.300. The van der Waals surface area contributed by atoms with Crippen molar-refractivity contribution in [2.24, 2.45) is 0 Å². The Hall–Kier alpha value is -2.20. The second kappa shape index (κ2) is 5.66. The third-order valence-corrected chi connectivity index (χ3v) is 4.52. The van der Waals surface area contributed by atoms with Crippen molar-refractivity contribution in [3.05, 3.63) is 71.8 Å². The second-order valence-corrected chi connectivity index (χ2v) is 5.86. The highest BCUT2D eigenvalue weighted by molar-refractivity contribution is 5.42. The van der Waals surface area contributed by atoms with E-state index in [1.807, 2.05) is 6.92 Å². The molecule has 1 saturated heterocycles. The van der Waals surface area contributed by atoms with Gasteiger partial charge in [0.2, 0.25) is 0 Å². The molecule has 1 aliphatic heterocycles. The molecule has 2 aromatic carbocycles. The zero-order chi connectivity index (χ0) is 14.7. The van der Waals surface area contributed by atoms with E-state index in [9.17, 15) is 0 Å². The Balaban J connectivity index is 2.11. The molecule has 0 amide bonds. The first-order valence-corrected chi connectivity index (χ1v) is 7.56. The van der Waals surface area contributed by atoms with E-state index in [1.165, 1.54) is 11.1 Å². The Morgan fingerprint density at radius 2 is 1.48 bits per heavy atom. The molecule has 21 heavy (non-hydrogen) atoms. The van der Waals surface area contributed by atoms with Crippen LogP contribution in [0.2, 0.25) is 0 Å². The maximum atomic E-state index is 3.27. The molecule has 1 heteroatoms. The molecule has 1 fully saturated rings. The molecule has 106 valence electrons.